The van der Waals surface area contributed by atoms with E-state index in [0.29, 0.717) is 18.9 Å². The van der Waals surface area contributed by atoms with Gasteiger partial charge in [-0.3, -0.25) is 24.1 Å². The number of likely N-dealkylation sites (tertiary alicyclic amines) is 1. The molecule has 2 aliphatic rings. The second-order valence-corrected chi connectivity index (χ2v) is 6.91. The Labute approximate surface area is 160 Å². The number of benzene rings is 1. The average Bonchev–Trinajstić information content (AvgIpc) is 2.91. The van der Waals surface area contributed by atoms with Gasteiger partial charge in [0.1, 0.15) is 11.6 Å². The number of imide groups is 1. The molecule has 3 amide bonds. The summed E-state index contributed by atoms with van der Waals surface area (Å²) in [5.74, 6) is -4.34. The summed E-state index contributed by atoms with van der Waals surface area (Å²) >= 11 is 0. The molecule has 2 atom stereocenters. The van der Waals surface area contributed by atoms with Crippen molar-refractivity contribution < 1.29 is 32.7 Å². The quantitative estimate of drug-likeness (QED) is 0.589. The molecular weight excluding hydrogens is 374 g/mol. The maximum Gasteiger partial charge on any atom is 0.308 e. The first-order valence-corrected chi connectivity index (χ1v) is 9.12. The standard InChI is InChI=1S/C19H20F2N2O5/c20-11-5-6-15(14(21)9-11)22-16(24)10-28-17(25)7-8-23-18(26)12-3-1-2-4-13(12)19(23)27/h5-6,9,12-13H,1-4,7-8,10H2,(H,22,24)/t12-,13-/m1/s1. The number of carbonyl (C=O) groups excluding carboxylic acids is 4. The van der Waals surface area contributed by atoms with Crippen LogP contribution in [-0.4, -0.2) is 41.7 Å². The van der Waals surface area contributed by atoms with Crippen LogP contribution in [0.5, 0.6) is 0 Å². The molecule has 28 heavy (non-hydrogen) atoms. The first-order valence-electron chi connectivity index (χ1n) is 9.12. The molecule has 1 heterocycles. The van der Waals surface area contributed by atoms with Crippen LogP contribution in [0.1, 0.15) is 32.1 Å². The number of anilines is 1. The average molecular weight is 394 g/mol. The molecule has 3 rings (SSSR count). The molecule has 0 aromatic heterocycles. The Hall–Kier alpha value is -2.84. The number of nitrogens with one attached hydrogen (secondary N) is 1. The van der Waals surface area contributed by atoms with Gasteiger partial charge in [0.2, 0.25) is 11.8 Å². The number of ether oxygens (including phenoxy) is 1. The largest absolute Gasteiger partial charge is 0.456 e. The number of esters is 1. The molecule has 1 N–H and O–H groups in total. The summed E-state index contributed by atoms with van der Waals surface area (Å²) < 4.78 is 31.1. The molecule has 0 bridgehead atoms. The second-order valence-electron chi connectivity index (χ2n) is 6.91. The Kier molecular flexibility index (Phi) is 6.01. The van der Waals surface area contributed by atoms with Crippen LogP contribution in [0.15, 0.2) is 18.2 Å². The van der Waals surface area contributed by atoms with Crippen LogP contribution in [0.2, 0.25) is 0 Å². The van der Waals surface area contributed by atoms with E-state index in [2.05, 4.69) is 5.32 Å². The monoisotopic (exact) mass is 394 g/mol. The summed E-state index contributed by atoms with van der Waals surface area (Å²) in [4.78, 5) is 49.3. The number of fused-ring (bicyclic) bond motifs is 1. The molecular formula is C19H20F2N2O5. The third-order valence-corrected chi connectivity index (χ3v) is 5.04. The maximum atomic E-state index is 13.5. The van der Waals surface area contributed by atoms with E-state index in [1.54, 1.807) is 0 Å². The van der Waals surface area contributed by atoms with Crippen molar-refractivity contribution in [3.63, 3.8) is 0 Å². The third-order valence-electron chi connectivity index (χ3n) is 5.04. The molecule has 1 aromatic rings. The van der Waals surface area contributed by atoms with Crippen molar-refractivity contribution in [2.75, 3.05) is 18.5 Å². The Balaban J connectivity index is 1.44. The predicted octanol–water partition coefficient (Wildman–Crippen LogP) is 2.01. The van der Waals surface area contributed by atoms with Crippen molar-refractivity contribution in [3.05, 3.63) is 29.8 Å². The lowest BCUT2D eigenvalue weighted by molar-refractivity contribution is -0.148. The number of hydrogen-bond donors (Lipinski definition) is 1. The van der Waals surface area contributed by atoms with Crippen molar-refractivity contribution in [2.24, 2.45) is 11.8 Å². The van der Waals surface area contributed by atoms with Gasteiger partial charge < -0.3 is 10.1 Å². The molecule has 150 valence electrons. The summed E-state index contributed by atoms with van der Waals surface area (Å²) in [6, 6.07) is 2.64. The minimum absolute atomic E-state index is 0.0856. The van der Waals surface area contributed by atoms with E-state index in [9.17, 15) is 28.0 Å². The van der Waals surface area contributed by atoms with Gasteiger partial charge in [-0.25, -0.2) is 8.78 Å². The van der Waals surface area contributed by atoms with Gasteiger partial charge in [-0.05, 0) is 25.0 Å². The van der Waals surface area contributed by atoms with Crippen LogP contribution in [-0.2, 0) is 23.9 Å². The fourth-order valence-corrected chi connectivity index (χ4v) is 3.65. The van der Waals surface area contributed by atoms with Crippen molar-refractivity contribution in [2.45, 2.75) is 32.1 Å². The lowest BCUT2D eigenvalue weighted by Crippen LogP contribution is -2.33. The van der Waals surface area contributed by atoms with E-state index in [0.717, 1.165) is 29.9 Å². The van der Waals surface area contributed by atoms with E-state index in [1.807, 2.05) is 0 Å². The molecule has 1 aromatic carbocycles. The molecule has 0 spiro atoms. The molecule has 1 saturated heterocycles. The fourth-order valence-electron chi connectivity index (χ4n) is 3.65. The smallest absolute Gasteiger partial charge is 0.308 e. The van der Waals surface area contributed by atoms with E-state index >= 15 is 0 Å². The highest BCUT2D eigenvalue weighted by Gasteiger charge is 2.47. The summed E-state index contributed by atoms with van der Waals surface area (Å²) in [5, 5.41) is 2.16. The third kappa shape index (κ3) is 4.35. The first-order chi connectivity index (χ1) is 13.4. The highest BCUT2D eigenvalue weighted by Crippen LogP contribution is 2.37. The van der Waals surface area contributed by atoms with Gasteiger partial charge >= 0.3 is 5.97 Å². The fraction of sp³-hybridized carbons (Fsp3) is 0.474. The van der Waals surface area contributed by atoms with E-state index in [1.165, 1.54) is 0 Å². The molecule has 0 radical (unpaired) electrons. The molecule has 1 aliphatic heterocycles. The maximum absolute atomic E-state index is 13.5. The van der Waals surface area contributed by atoms with Crippen LogP contribution in [0, 0.1) is 23.5 Å². The topological polar surface area (TPSA) is 92.8 Å². The zero-order valence-electron chi connectivity index (χ0n) is 15.1. The van der Waals surface area contributed by atoms with Crippen molar-refractivity contribution >= 4 is 29.4 Å². The molecule has 0 unspecified atom stereocenters. The van der Waals surface area contributed by atoms with Gasteiger partial charge in [-0.15, -0.1) is 0 Å². The van der Waals surface area contributed by atoms with Crippen LogP contribution in [0.4, 0.5) is 14.5 Å². The van der Waals surface area contributed by atoms with Crippen LogP contribution in [0.25, 0.3) is 0 Å². The normalized spacial score (nSPS) is 21.4. The summed E-state index contributed by atoms with van der Waals surface area (Å²) in [6.45, 7) is -0.750. The minimum atomic E-state index is -0.952. The van der Waals surface area contributed by atoms with Crippen LogP contribution >= 0.6 is 0 Å². The second kappa shape index (κ2) is 8.45. The van der Waals surface area contributed by atoms with E-state index in [4.69, 9.17) is 4.74 Å². The molecule has 7 nitrogen and oxygen atoms in total. The predicted molar refractivity (Wildman–Crippen MR) is 92.7 cm³/mol. The SMILES string of the molecule is O=C(COC(=O)CCN1C(=O)[C@@H]2CCCC[C@H]2C1=O)Nc1ccc(F)cc1F. The Bertz CT molecular complexity index is 790. The van der Waals surface area contributed by atoms with Gasteiger partial charge in [0, 0.05) is 12.6 Å². The number of rotatable bonds is 6. The summed E-state index contributed by atoms with van der Waals surface area (Å²) in [7, 11) is 0. The highest BCUT2D eigenvalue weighted by molar-refractivity contribution is 6.05. The Morgan fingerprint density at radius 2 is 1.75 bits per heavy atom. The van der Waals surface area contributed by atoms with Gasteiger partial charge in [0.15, 0.2) is 6.61 Å². The lowest BCUT2D eigenvalue weighted by atomic mass is 9.81. The zero-order chi connectivity index (χ0) is 20.3. The molecule has 1 saturated carbocycles. The van der Waals surface area contributed by atoms with Crippen LogP contribution < -0.4 is 5.32 Å². The van der Waals surface area contributed by atoms with Gasteiger partial charge in [0.25, 0.3) is 5.91 Å². The number of nitrogens with zero attached hydrogens (tertiary/aromatic N) is 1. The van der Waals surface area contributed by atoms with Gasteiger partial charge in [-0.2, -0.15) is 0 Å². The number of hydrogen-bond acceptors (Lipinski definition) is 5. The number of carbonyl (C=O) groups is 4. The van der Waals surface area contributed by atoms with Crippen molar-refractivity contribution in [1.82, 2.24) is 4.90 Å². The minimum Gasteiger partial charge on any atom is -0.456 e. The Morgan fingerprint density at radius 3 is 2.36 bits per heavy atom. The zero-order valence-corrected chi connectivity index (χ0v) is 15.1. The van der Waals surface area contributed by atoms with Gasteiger partial charge in [0.05, 0.1) is 23.9 Å². The summed E-state index contributed by atoms with van der Waals surface area (Å²) in [6.07, 6.45) is 2.99. The molecule has 1 aliphatic carbocycles. The van der Waals surface area contributed by atoms with Gasteiger partial charge in [-0.1, -0.05) is 12.8 Å². The number of halogens is 2. The highest BCUT2D eigenvalue weighted by atomic mass is 19.1. The number of amides is 3. The molecule has 9 heteroatoms. The van der Waals surface area contributed by atoms with Crippen LogP contribution in [0.3, 0.4) is 0 Å². The molecule has 2 fully saturated rings. The Morgan fingerprint density at radius 1 is 1.11 bits per heavy atom. The van der Waals surface area contributed by atoms with Crippen molar-refractivity contribution in [1.29, 1.82) is 0 Å². The lowest BCUT2D eigenvalue weighted by Gasteiger charge is -2.19. The van der Waals surface area contributed by atoms with E-state index < -0.39 is 30.1 Å². The van der Waals surface area contributed by atoms with E-state index in [-0.39, 0.29) is 42.3 Å². The summed E-state index contributed by atoms with van der Waals surface area (Å²) in [5.41, 5.74) is -0.238. The van der Waals surface area contributed by atoms with Crippen molar-refractivity contribution in [3.8, 4) is 0 Å². The first kappa shape index (κ1) is 19.9.